The zero-order chi connectivity index (χ0) is 22.5. The second-order valence-electron chi connectivity index (χ2n) is 6.32. The van der Waals surface area contributed by atoms with Crippen LogP contribution in [0.2, 0.25) is 10.0 Å². The van der Waals surface area contributed by atoms with Crippen molar-refractivity contribution in [2.24, 2.45) is 0 Å². The molecule has 1 saturated heterocycles. The molecule has 1 aliphatic heterocycles. The Morgan fingerprint density at radius 2 is 1.84 bits per heavy atom. The van der Waals surface area contributed by atoms with Gasteiger partial charge in [-0.3, -0.25) is 19.3 Å². The highest BCUT2D eigenvalue weighted by Crippen LogP contribution is 2.34. The van der Waals surface area contributed by atoms with E-state index in [1.165, 1.54) is 14.2 Å². The van der Waals surface area contributed by atoms with Gasteiger partial charge in [0.15, 0.2) is 11.5 Å². The predicted octanol–water partition coefficient (Wildman–Crippen LogP) is 4.48. The quantitative estimate of drug-likeness (QED) is 0.588. The molecule has 1 aliphatic rings. The lowest BCUT2D eigenvalue weighted by Crippen LogP contribution is -2.37. The number of rotatable bonds is 7. The summed E-state index contributed by atoms with van der Waals surface area (Å²) >= 11 is 12.8. The number of nitrogens with zero attached hydrogens (tertiary/aromatic N) is 1. The highest BCUT2D eigenvalue weighted by atomic mass is 35.5. The summed E-state index contributed by atoms with van der Waals surface area (Å²) in [6.07, 6.45) is 1.55. The lowest BCUT2D eigenvalue weighted by Gasteiger charge is -2.13. The Balaban J connectivity index is 1.62. The van der Waals surface area contributed by atoms with Crippen LogP contribution in [-0.2, 0) is 4.79 Å². The summed E-state index contributed by atoms with van der Waals surface area (Å²) in [6.45, 7) is 0.135. The fourth-order valence-corrected chi connectivity index (χ4v) is 4.13. The molecule has 0 atom stereocenters. The largest absolute Gasteiger partial charge is 0.493 e. The molecule has 0 radical (unpaired) electrons. The zero-order valence-corrected chi connectivity index (χ0v) is 18.9. The summed E-state index contributed by atoms with van der Waals surface area (Å²) < 4.78 is 10.3. The number of ether oxygens (including phenoxy) is 2. The van der Waals surface area contributed by atoms with Crippen molar-refractivity contribution in [3.05, 3.63) is 62.5 Å². The molecule has 10 heteroatoms. The van der Waals surface area contributed by atoms with Gasteiger partial charge in [-0.2, -0.15) is 0 Å². The van der Waals surface area contributed by atoms with Gasteiger partial charge in [-0.1, -0.05) is 29.3 Å². The molecule has 1 fully saturated rings. The lowest BCUT2D eigenvalue weighted by atomic mass is 10.2. The molecule has 0 aromatic heterocycles. The number of amides is 3. The smallest absolute Gasteiger partial charge is 0.293 e. The first-order chi connectivity index (χ1) is 14.8. The van der Waals surface area contributed by atoms with E-state index in [1.54, 1.807) is 42.5 Å². The fourth-order valence-electron chi connectivity index (χ4n) is 2.81. The van der Waals surface area contributed by atoms with Gasteiger partial charge in [-0.05, 0) is 53.7 Å². The van der Waals surface area contributed by atoms with Crippen LogP contribution in [0.15, 0.2) is 41.3 Å². The summed E-state index contributed by atoms with van der Waals surface area (Å²) in [5, 5.41) is 3.12. The van der Waals surface area contributed by atoms with Gasteiger partial charge in [-0.15, -0.1) is 0 Å². The molecule has 31 heavy (non-hydrogen) atoms. The van der Waals surface area contributed by atoms with E-state index in [2.05, 4.69) is 5.32 Å². The highest BCUT2D eigenvalue weighted by molar-refractivity contribution is 8.18. The second-order valence-corrected chi connectivity index (χ2v) is 8.16. The Labute approximate surface area is 193 Å². The summed E-state index contributed by atoms with van der Waals surface area (Å²) in [5.74, 6) is 0.120. The molecule has 1 N–H and O–H groups in total. The van der Waals surface area contributed by atoms with Crippen LogP contribution in [0.4, 0.5) is 4.79 Å². The van der Waals surface area contributed by atoms with Crippen molar-refractivity contribution in [3.8, 4) is 11.5 Å². The van der Waals surface area contributed by atoms with Crippen molar-refractivity contribution < 1.29 is 23.9 Å². The average molecular weight is 481 g/mol. The minimum atomic E-state index is -0.443. The van der Waals surface area contributed by atoms with Gasteiger partial charge < -0.3 is 14.8 Å². The monoisotopic (exact) mass is 480 g/mol. The summed E-state index contributed by atoms with van der Waals surface area (Å²) in [7, 11) is 2.98. The minimum Gasteiger partial charge on any atom is -0.493 e. The minimum absolute atomic E-state index is 0.0371. The number of imide groups is 1. The predicted molar refractivity (Wildman–Crippen MR) is 121 cm³/mol. The average Bonchev–Trinajstić information content (AvgIpc) is 3.02. The van der Waals surface area contributed by atoms with Gasteiger partial charge in [0.2, 0.25) is 0 Å². The van der Waals surface area contributed by atoms with Crippen molar-refractivity contribution in [1.29, 1.82) is 0 Å². The van der Waals surface area contributed by atoms with Gasteiger partial charge in [0.25, 0.3) is 17.1 Å². The van der Waals surface area contributed by atoms with Crippen molar-refractivity contribution in [2.45, 2.75) is 0 Å². The molecule has 7 nitrogen and oxygen atoms in total. The number of nitrogens with one attached hydrogen (secondary N) is 1. The van der Waals surface area contributed by atoms with E-state index in [0.29, 0.717) is 32.7 Å². The third kappa shape index (κ3) is 5.33. The molecule has 2 aromatic rings. The van der Waals surface area contributed by atoms with Crippen molar-refractivity contribution in [1.82, 2.24) is 10.2 Å². The number of hydrogen-bond acceptors (Lipinski definition) is 6. The molecule has 0 aliphatic carbocycles. The number of thioether (sulfide) groups is 1. The maximum absolute atomic E-state index is 12.6. The van der Waals surface area contributed by atoms with Crippen molar-refractivity contribution in [2.75, 3.05) is 27.3 Å². The third-order valence-corrected chi connectivity index (χ3v) is 5.86. The van der Waals surface area contributed by atoms with Gasteiger partial charge in [0, 0.05) is 28.7 Å². The van der Waals surface area contributed by atoms with Crippen LogP contribution in [-0.4, -0.2) is 49.3 Å². The van der Waals surface area contributed by atoms with E-state index in [-0.39, 0.29) is 23.9 Å². The Morgan fingerprint density at radius 3 is 2.52 bits per heavy atom. The van der Waals surface area contributed by atoms with Crippen LogP contribution in [0.5, 0.6) is 11.5 Å². The number of hydrogen-bond donors (Lipinski definition) is 1. The molecule has 0 bridgehead atoms. The van der Waals surface area contributed by atoms with Crippen LogP contribution in [0.25, 0.3) is 6.08 Å². The van der Waals surface area contributed by atoms with Crippen LogP contribution in [0.1, 0.15) is 15.9 Å². The summed E-state index contributed by atoms with van der Waals surface area (Å²) in [4.78, 5) is 38.6. The zero-order valence-electron chi connectivity index (χ0n) is 16.6. The van der Waals surface area contributed by atoms with Gasteiger partial charge in [-0.25, -0.2) is 0 Å². The maximum atomic E-state index is 12.6. The molecule has 162 valence electrons. The van der Waals surface area contributed by atoms with E-state index in [9.17, 15) is 14.4 Å². The van der Waals surface area contributed by atoms with Gasteiger partial charge in [0.05, 0.1) is 19.1 Å². The summed E-state index contributed by atoms with van der Waals surface area (Å²) in [6, 6.07) is 9.64. The SMILES string of the molecule is COc1ccc(C(=O)NCCN2C(=O)S/C(=C\c3ccc(Cl)cc3Cl)C2=O)cc1OC. The molecule has 3 rings (SSSR count). The Bertz CT molecular complexity index is 1070. The molecule has 0 spiro atoms. The molecular weight excluding hydrogens is 463 g/mol. The maximum Gasteiger partial charge on any atom is 0.293 e. The Kier molecular flexibility index (Phi) is 7.48. The number of methoxy groups -OCH3 is 2. The van der Waals surface area contributed by atoms with Gasteiger partial charge in [0.1, 0.15) is 0 Å². The first-order valence-corrected chi connectivity index (χ1v) is 10.6. The van der Waals surface area contributed by atoms with Crippen LogP contribution in [0.3, 0.4) is 0 Å². The first kappa shape index (κ1) is 23.0. The Morgan fingerprint density at radius 1 is 1.10 bits per heavy atom. The molecule has 3 amide bonds. The second kappa shape index (κ2) is 10.1. The van der Waals surface area contributed by atoms with Crippen LogP contribution >= 0.6 is 35.0 Å². The van der Waals surface area contributed by atoms with E-state index in [0.717, 1.165) is 16.7 Å². The van der Waals surface area contributed by atoms with Crippen molar-refractivity contribution >= 4 is 58.1 Å². The molecule has 0 saturated carbocycles. The number of halogens is 2. The number of carbonyl (C=O) groups excluding carboxylic acids is 3. The van der Waals surface area contributed by atoms with E-state index in [4.69, 9.17) is 32.7 Å². The highest BCUT2D eigenvalue weighted by Gasteiger charge is 2.34. The standard InChI is InChI=1S/C21H18Cl2N2O5S/c1-29-16-6-4-13(9-17(16)30-2)19(26)24-7-8-25-20(27)18(31-21(25)28)10-12-3-5-14(22)11-15(12)23/h3-6,9-11H,7-8H2,1-2H3,(H,24,26)/b18-10-. The third-order valence-electron chi connectivity index (χ3n) is 4.39. The van der Waals surface area contributed by atoms with E-state index in [1.807, 2.05) is 0 Å². The first-order valence-electron chi connectivity index (χ1n) is 9.04. The molecule has 2 aromatic carbocycles. The van der Waals surface area contributed by atoms with Crippen LogP contribution < -0.4 is 14.8 Å². The Hall–Kier alpha value is -2.68. The molecule has 1 heterocycles. The number of carbonyl (C=O) groups is 3. The van der Waals surface area contributed by atoms with Gasteiger partial charge >= 0.3 is 0 Å². The van der Waals surface area contributed by atoms with E-state index >= 15 is 0 Å². The molecular formula is C21H18Cl2N2O5S. The van der Waals surface area contributed by atoms with Crippen molar-refractivity contribution in [3.63, 3.8) is 0 Å². The normalized spacial score (nSPS) is 14.8. The fraction of sp³-hybridized carbons (Fsp3) is 0.190. The summed E-state index contributed by atoms with van der Waals surface area (Å²) in [5.41, 5.74) is 0.947. The lowest BCUT2D eigenvalue weighted by molar-refractivity contribution is -0.122. The topological polar surface area (TPSA) is 84.9 Å². The molecule has 0 unspecified atom stereocenters. The van der Waals surface area contributed by atoms with E-state index < -0.39 is 11.1 Å². The number of benzene rings is 2. The van der Waals surface area contributed by atoms with Crippen LogP contribution in [0, 0.1) is 0 Å².